The van der Waals surface area contributed by atoms with Crippen LogP contribution >= 0.6 is 0 Å². The quantitative estimate of drug-likeness (QED) is 0.835. The first kappa shape index (κ1) is 9.54. The lowest BCUT2D eigenvalue weighted by molar-refractivity contribution is 0.625. The number of hydrogen-bond donors (Lipinski definition) is 1. The third-order valence-corrected chi connectivity index (χ3v) is 3.02. The number of benzene rings is 1. The van der Waals surface area contributed by atoms with Gasteiger partial charge in [0, 0.05) is 17.3 Å². The molecule has 0 radical (unpaired) electrons. The number of halogens is 1. The van der Waals surface area contributed by atoms with Crippen LogP contribution in [0.1, 0.15) is 18.4 Å². The average Bonchev–Trinajstić information content (AvgIpc) is 2.83. The third kappa shape index (κ3) is 1.51. The predicted octanol–water partition coefficient (Wildman–Crippen LogP) is 1.96. The molecule has 1 aromatic carbocycles. The normalized spacial score (nSPS) is 17.4. The smallest absolute Gasteiger partial charge is 0.125 e. The Labute approximate surface area is 92.7 Å². The van der Waals surface area contributed by atoms with Gasteiger partial charge in [-0.15, -0.1) is 0 Å². The van der Waals surface area contributed by atoms with Crippen molar-refractivity contribution in [3.63, 3.8) is 0 Å². The van der Waals surface area contributed by atoms with Crippen molar-refractivity contribution in [2.75, 3.05) is 0 Å². The van der Waals surface area contributed by atoms with E-state index in [9.17, 15) is 4.39 Å². The van der Waals surface area contributed by atoms with E-state index in [-0.39, 0.29) is 11.4 Å². The molecule has 2 N–H and O–H groups in total. The fourth-order valence-electron chi connectivity index (χ4n) is 1.76. The van der Waals surface area contributed by atoms with Crippen LogP contribution in [-0.2, 0) is 5.54 Å². The summed E-state index contributed by atoms with van der Waals surface area (Å²) in [5, 5.41) is 4.20. The summed E-state index contributed by atoms with van der Waals surface area (Å²) in [6.07, 6.45) is 5.64. The van der Waals surface area contributed by atoms with Gasteiger partial charge in [-0.05, 0) is 31.0 Å². The minimum Gasteiger partial charge on any atom is -0.321 e. The van der Waals surface area contributed by atoms with Crippen molar-refractivity contribution in [2.45, 2.75) is 18.4 Å². The minimum atomic E-state index is -0.261. The number of nitrogens with two attached hydrogens (primary N) is 1. The Balaban J connectivity index is 1.98. The molecule has 1 heterocycles. The summed E-state index contributed by atoms with van der Waals surface area (Å²) in [7, 11) is 0. The maximum atomic E-state index is 13.0. The molecule has 0 unspecified atom stereocenters. The Hall–Kier alpha value is -1.68. The summed E-state index contributed by atoms with van der Waals surface area (Å²) in [6.45, 7) is 0. The van der Waals surface area contributed by atoms with Gasteiger partial charge in [0.1, 0.15) is 5.82 Å². The molecule has 1 fully saturated rings. The van der Waals surface area contributed by atoms with Gasteiger partial charge in [-0.1, -0.05) is 6.07 Å². The Morgan fingerprint density at radius 3 is 2.88 bits per heavy atom. The first-order chi connectivity index (χ1) is 7.67. The van der Waals surface area contributed by atoms with Gasteiger partial charge in [-0.2, -0.15) is 5.10 Å². The molecular weight excluding hydrogens is 205 g/mol. The van der Waals surface area contributed by atoms with Crippen LogP contribution in [0, 0.1) is 5.82 Å². The zero-order valence-electron chi connectivity index (χ0n) is 8.73. The van der Waals surface area contributed by atoms with Gasteiger partial charge in [0.05, 0.1) is 11.9 Å². The lowest BCUT2D eigenvalue weighted by Crippen LogP contribution is -2.17. The average molecular weight is 217 g/mol. The summed E-state index contributed by atoms with van der Waals surface area (Å²) in [5.74, 6) is -0.261. The maximum absolute atomic E-state index is 13.0. The van der Waals surface area contributed by atoms with Crippen molar-refractivity contribution in [1.29, 1.82) is 0 Å². The number of nitrogens with zero attached hydrogens (tertiary/aromatic N) is 2. The van der Waals surface area contributed by atoms with Gasteiger partial charge in [0.25, 0.3) is 0 Å². The molecule has 0 saturated heterocycles. The lowest BCUT2D eigenvalue weighted by Gasteiger charge is -2.03. The van der Waals surface area contributed by atoms with E-state index in [2.05, 4.69) is 5.10 Å². The van der Waals surface area contributed by atoms with Gasteiger partial charge < -0.3 is 5.73 Å². The Morgan fingerprint density at radius 2 is 2.19 bits per heavy atom. The van der Waals surface area contributed by atoms with Crippen molar-refractivity contribution in [3.05, 3.63) is 48.0 Å². The van der Waals surface area contributed by atoms with E-state index in [1.807, 2.05) is 12.3 Å². The molecule has 0 spiro atoms. The molecule has 3 nitrogen and oxygen atoms in total. The highest BCUT2D eigenvalue weighted by Crippen LogP contribution is 2.42. The molecule has 3 rings (SSSR count). The van der Waals surface area contributed by atoms with Crippen LogP contribution in [0.25, 0.3) is 5.69 Å². The van der Waals surface area contributed by atoms with Crippen LogP contribution < -0.4 is 5.73 Å². The minimum absolute atomic E-state index is 0.189. The monoisotopic (exact) mass is 217 g/mol. The molecule has 2 aromatic rings. The first-order valence-corrected chi connectivity index (χ1v) is 5.27. The highest BCUT2D eigenvalue weighted by atomic mass is 19.1. The van der Waals surface area contributed by atoms with Crippen LogP contribution in [0.15, 0.2) is 36.7 Å². The summed E-state index contributed by atoms with van der Waals surface area (Å²) in [4.78, 5) is 0. The number of rotatable bonds is 2. The van der Waals surface area contributed by atoms with E-state index < -0.39 is 0 Å². The van der Waals surface area contributed by atoms with Gasteiger partial charge in [0.2, 0.25) is 0 Å². The van der Waals surface area contributed by atoms with E-state index in [0.29, 0.717) is 0 Å². The summed E-state index contributed by atoms with van der Waals surface area (Å²) in [5.41, 5.74) is 7.62. The molecule has 1 aliphatic carbocycles. The maximum Gasteiger partial charge on any atom is 0.125 e. The number of hydrogen-bond acceptors (Lipinski definition) is 2. The highest BCUT2D eigenvalue weighted by molar-refractivity contribution is 5.34. The van der Waals surface area contributed by atoms with E-state index in [4.69, 9.17) is 5.73 Å². The number of aromatic nitrogens is 2. The second-order valence-corrected chi connectivity index (χ2v) is 4.31. The van der Waals surface area contributed by atoms with E-state index in [1.165, 1.54) is 12.1 Å². The predicted molar refractivity (Wildman–Crippen MR) is 58.6 cm³/mol. The molecule has 16 heavy (non-hydrogen) atoms. The fraction of sp³-hybridized carbons (Fsp3) is 0.250. The van der Waals surface area contributed by atoms with Crippen molar-refractivity contribution in [3.8, 4) is 5.69 Å². The molecule has 4 heteroatoms. The van der Waals surface area contributed by atoms with Crippen LogP contribution in [0.3, 0.4) is 0 Å². The van der Waals surface area contributed by atoms with Gasteiger partial charge >= 0.3 is 0 Å². The van der Waals surface area contributed by atoms with Crippen molar-refractivity contribution in [1.82, 2.24) is 9.78 Å². The second kappa shape index (κ2) is 3.15. The lowest BCUT2D eigenvalue weighted by atomic mass is 10.1. The largest absolute Gasteiger partial charge is 0.321 e. The molecule has 82 valence electrons. The summed E-state index contributed by atoms with van der Waals surface area (Å²) < 4.78 is 14.7. The molecule has 0 aliphatic heterocycles. The molecule has 0 atom stereocenters. The third-order valence-electron chi connectivity index (χ3n) is 3.02. The van der Waals surface area contributed by atoms with Crippen molar-refractivity contribution < 1.29 is 4.39 Å². The second-order valence-electron chi connectivity index (χ2n) is 4.31. The molecule has 0 amide bonds. The topological polar surface area (TPSA) is 43.8 Å². The summed E-state index contributed by atoms with van der Waals surface area (Å²) in [6, 6.07) is 6.35. The highest BCUT2D eigenvalue weighted by Gasteiger charge is 2.41. The Bertz CT molecular complexity index is 529. The van der Waals surface area contributed by atoms with Crippen LogP contribution in [0.5, 0.6) is 0 Å². The van der Waals surface area contributed by atoms with Gasteiger partial charge in [-0.25, -0.2) is 9.07 Å². The standard InChI is InChI=1S/C12H12FN3/c13-10-2-1-3-11(6-10)16-8-9(7-15-16)12(14)4-5-12/h1-3,6-8H,4-5,14H2. The van der Waals surface area contributed by atoms with Crippen LogP contribution in [0.4, 0.5) is 4.39 Å². The van der Waals surface area contributed by atoms with E-state index in [1.54, 1.807) is 16.9 Å². The van der Waals surface area contributed by atoms with Crippen molar-refractivity contribution in [2.24, 2.45) is 5.73 Å². The Kier molecular flexibility index (Phi) is 1.88. The fourth-order valence-corrected chi connectivity index (χ4v) is 1.76. The van der Waals surface area contributed by atoms with Crippen LogP contribution in [-0.4, -0.2) is 9.78 Å². The molecule has 0 bridgehead atoms. The zero-order valence-corrected chi connectivity index (χ0v) is 8.73. The first-order valence-electron chi connectivity index (χ1n) is 5.27. The molecule has 1 aliphatic rings. The van der Waals surface area contributed by atoms with E-state index >= 15 is 0 Å². The van der Waals surface area contributed by atoms with Gasteiger partial charge in [-0.3, -0.25) is 0 Å². The van der Waals surface area contributed by atoms with E-state index in [0.717, 1.165) is 24.1 Å². The van der Waals surface area contributed by atoms with Crippen molar-refractivity contribution >= 4 is 0 Å². The Morgan fingerprint density at radius 1 is 1.38 bits per heavy atom. The zero-order chi connectivity index (χ0) is 11.2. The van der Waals surface area contributed by atoms with Crippen LogP contribution in [0.2, 0.25) is 0 Å². The molecule has 1 aromatic heterocycles. The van der Waals surface area contributed by atoms with Gasteiger partial charge in [0.15, 0.2) is 0 Å². The molecule has 1 saturated carbocycles. The molecular formula is C12H12FN3. The summed E-state index contributed by atoms with van der Waals surface area (Å²) >= 11 is 0. The SMILES string of the molecule is NC1(c2cnn(-c3cccc(F)c3)c2)CC1.